The lowest BCUT2D eigenvalue weighted by Crippen LogP contribution is -2.52. The van der Waals surface area contributed by atoms with Gasteiger partial charge in [0.2, 0.25) is 0 Å². The van der Waals surface area contributed by atoms with E-state index in [9.17, 15) is 18.0 Å². The first-order valence-electron chi connectivity index (χ1n) is 12.6. The lowest BCUT2D eigenvalue weighted by molar-refractivity contribution is -0.276. The van der Waals surface area contributed by atoms with Gasteiger partial charge in [0.15, 0.2) is 5.79 Å². The molecule has 1 spiro atoms. The highest BCUT2D eigenvalue weighted by Crippen LogP contribution is 2.43. The highest BCUT2D eigenvalue weighted by atomic mass is 19.4. The second kappa shape index (κ2) is 11.4. The van der Waals surface area contributed by atoms with Crippen molar-refractivity contribution in [1.82, 2.24) is 0 Å². The van der Waals surface area contributed by atoms with Crippen LogP contribution in [0.15, 0.2) is 54.6 Å². The summed E-state index contributed by atoms with van der Waals surface area (Å²) in [5, 5.41) is 0. The molecule has 4 rings (SSSR count). The number of carbonyl (C=O) groups excluding carboxylic acids is 1. The number of hydrogen-bond donors (Lipinski definition) is 0. The maximum absolute atomic E-state index is 14.0. The molecule has 37 heavy (non-hydrogen) atoms. The largest absolute Gasteiger partial charge is 0.487 e. The molecular formula is C28H33F3O6. The Labute approximate surface area is 215 Å². The van der Waals surface area contributed by atoms with E-state index in [1.54, 1.807) is 25.1 Å². The second-order valence-electron chi connectivity index (χ2n) is 9.58. The van der Waals surface area contributed by atoms with E-state index in [1.807, 2.05) is 12.1 Å². The van der Waals surface area contributed by atoms with Crippen LogP contribution >= 0.6 is 0 Å². The predicted molar refractivity (Wildman–Crippen MR) is 129 cm³/mol. The summed E-state index contributed by atoms with van der Waals surface area (Å²) < 4.78 is 69.6. The predicted octanol–water partition coefficient (Wildman–Crippen LogP) is 5.58. The molecule has 2 aromatic carbocycles. The third kappa shape index (κ3) is 5.78. The Morgan fingerprint density at radius 1 is 1.05 bits per heavy atom. The van der Waals surface area contributed by atoms with Crippen LogP contribution in [0, 0.1) is 5.92 Å². The van der Waals surface area contributed by atoms with Crippen molar-refractivity contribution in [3.63, 3.8) is 0 Å². The monoisotopic (exact) mass is 522 g/mol. The molecule has 0 bridgehead atoms. The van der Waals surface area contributed by atoms with E-state index in [0.717, 1.165) is 44.8 Å². The first-order chi connectivity index (χ1) is 17.7. The summed E-state index contributed by atoms with van der Waals surface area (Å²) >= 11 is 0. The summed E-state index contributed by atoms with van der Waals surface area (Å²) in [6.45, 7) is 2.50. The van der Waals surface area contributed by atoms with E-state index < -0.39 is 29.6 Å². The molecule has 9 heteroatoms. The minimum absolute atomic E-state index is 0.285. The van der Waals surface area contributed by atoms with Gasteiger partial charge in [-0.05, 0) is 43.9 Å². The zero-order valence-corrected chi connectivity index (χ0v) is 21.1. The van der Waals surface area contributed by atoms with Crippen molar-refractivity contribution >= 4 is 5.97 Å². The van der Waals surface area contributed by atoms with Crippen molar-refractivity contribution in [2.45, 2.75) is 62.7 Å². The third-order valence-corrected chi connectivity index (χ3v) is 7.09. The molecule has 1 unspecified atom stereocenters. The quantitative estimate of drug-likeness (QED) is 0.401. The summed E-state index contributed by atoms with van der Waals surface area (Å²) in [5.74, 6) is -1.21. The number of hydrogen-bond acceptors (Lipinski definition) is 6. The standard InChI is InChI=1S/C28H33F3O6/c1-20(19-34-25(32)27(33-2,28(29,30)31)22-8-4-3-5-9-22)37-24-13-11-21(12-14-24)18-23-10-6-7-15-26(23)35-16-17-36-26/h3-5,8-9,11-14,20,23H,6-7,10,15-19H2,1-2H3/t20-,23?,27-/m1/s1. The Morgan fingerprint density at radius 3 is 2.35 bits per heavy atom. The summed E-state index contributed by atoms with van der Waals surface area (Å²) in [4.78, 5) is 12.7. The summed E-state index contributed by atoms with van der Waals surface area (Å²) in [7, 11) is 0.837. The Morgan fingerprint density at radius 2 is 1.73 bits per heavy atom. The first-order valence-corrected chi connectivity index (χ1v) is 12.6. The fourth-order valence-corrected chi connectivity index (χ4v) is 5.23. The van der Waals surface area contributed by atoms with Gasteiger partial charge in [-0.3, -0.25) is 0 Å². The van der Waals surface area contributed by atoms with Crippen LogP contribution in [0.4, 0.5) is 13.2 Å². The van der Waals surface area contributed by atoms with Crippen molar-refractivity contribution in [3.05, 3.63) is 65.7 Å². The fourth-order valence-electron chi connectivity index (χ4n) is 5.23. The first kappa shape index (κ1) is 27.4. The van der Waals surface area contributed by atoms with E-state index >= 15 is 0 Å². The van der Waals surface area contributed by atoms with E-state index in [1.165, 1.54) is 24.3 Å². The Kier molecular flexibility index (Phi) is 8.46. The average molecular weight is 523 g/mol. The molecule has 0 aromatic heterocycles. The molecule has 6 nitrogen and oxygen atoms in total. The fraction of sp³-hybridized carbons (Fsp3) is 0.536. The van der Waals surface area contributed by atoms with Gasteiger partial charge in [0.1, 0.15) is 18.5 Å². The molecule has 1 aliphatic carbocycles. The molecule has 202 valence electrons. The molecule has 2 aromatic rings. The van der Waals surface area contributed by atoms with Gasteiger partial charge in [0.05, 0.1) is 13.2 Å². The van der Waals surface area contributed by atoms with Gasteiger partial charge in [-0.1, -0.05) is 48.9 Å². The van der Waals surface area contributed by atoms with Gasteiger partial charge < -0.3 is 23.7 Å². The van der Waals surface area contributed by atoms with Crippen molar-refractivity contribution in [2.24, 2.45) is 5.92 Å². The zero-order valence-electron chi connectivity index (χ0n) is 21.1. The maximum Gasteiger partial charge on any atom is 0.432 e. The highest BCUT2D eigenvalue weighted by molar-refractivity contribution is 5.82. The molecule has 1 heterocycles. The van der Waals surface area contributed by atoms with E-state index in [-0.39, 0.29) is 18.1 Å². The maximum atomic E-state index is 14.0. The molecule has 3 atom stereocenters. The van der Waals surface area contributed by atoms with Crippen molar-refractivity contribution < 1.29 is 41.7 Å². The smallest absolute Gasteiger partial charge is 0.432 e. The summed E-state index contributed by atoms with van der Waals surface area (Å²) in [6.07, 6.45) is -0.668. The van der Waals surface area contributed by atoms with Crippen molar-refractivity contribution in [1.29, 1.82) is 0 Å². The molecule has 0 amide bonds. The average Bonchev–Trinajstić information content (AvgIpc) is 3.35. The van der Waals surface area contributed by atoms with Gasteiger partial charge in [0.25, 0.3) is 5.60 Å². The minimum Gasteiger partial charge on any atom is -0.487 e. The van der Waals surface area contributed by atoms with Crippen LogP contribution in [-0.4, -0.2) is 51.0 Å². The van der Waals surface area contributed by atoms with Crippen molar-refractivity contribution in [3.8, 4) is 5.75 Å². The van der Waals surface area contributed by atoms with E-state index in [2.05, 4.69) is 0 Å². The minimum atomic E-state index is -5.02. The van der Waals surface area contributed by atoms with Gasteiger partial charge in [-0.25, -0.2) is 4.79 Å². The highest BCUT2D eigenvalue weighted by Gasteiger charge is 2.64. The Bertz CT molecular complexity index is 1020. The lowest BCUT2D eigenvalue weighted by Gasteiger charge is -2.39. The number of carbonyl (C=O) groups is 1. The van der Waals surface area contributed by atoms with Crippen LogP contribution in [-0.2, 0) is 35.8 Å². The topological polar surface area (TPSA) is 63.2 Å². The Hall–Kier alpha value is -2.62. The molecule has 0 radical (unpaired) electrons. The van der Waals surface area contributed by atoms with Crippen molar-refractivity contribution in [2.75, 3.05) is 26.9 Å². The molecular weight excluding hydrogens is 489 g/mol. The van der Waals surface area contributed by atoms with Crippen LogP contribution in [0.5, 0.6) is 5.75 Å². The lowest BCUT2D eigenvalue weighted by atomic mass is 9.79. The summed E-state index contributed by atoms with van der Waals surface area (Å²) in [5.41, 5.74) is -2.46. The zero-order chi connectivity index (χ0) is 26.5. The molecule has 1 aliphatic heterocycles. The third-order valence-electron chi connectivity index (χ3n) is 7.09. The Balaban J connectivity index is 1.35. The van der Waals surface area contributed by atoms with Crippen LogP contribution in [0.2, 0.25) is 0 Å². The number of benzene rings is 2. The number of esters is 1. The van der Waals surface area contributed by atoms with Crippen LogP contribution < -0.4 is 4.74 Å². The molecule has 0 N–H and O–H groups in total. The number of methoxy groups -OCH3 is 1. The normalized spacial score (nSPS) is 21.8. The summed E-state index contributed by atoms with van der Waals surface area (Å²) in [6, 6.07) is 14.2. The number of alkyl halides is 3. The van der Waals surface area contributed by atoms with Crippen LogP contribution in [0.1, 0.15) is 43.7 Å². The number of ether oxygens (including phenoxy) is 5. The van der Waals surface area contributed by atoms with Crippen LogP contribution in [0.3, 0.4) is 0 Å². The molecule has 1 saturated carbocycles. The van der Waals surface area contributed by atoms with E-state index in [4.69, 9.17) is 23.7 Å². The molecule has 2 fully saturated rings. The molecule has 2 aliphatic rings. The SMILES string of the molecule is CO[C@@](C(=O)OC[C@@H](C)Oc1ccc(CC2CCCCC23OCCO3)cc1)(c1ccccc1)C(F)(F)F. The van der Waals surface area contributed by atoms with Gasteiger partial charge in [-0.15, -0.1) is 0 Å². The molecule has 1 saturated heterocycles. The van der Waals surface area contributed by atoms with Gasteiger partial charge in [0, 0.05) is 25.0 Å². The van der Waals surface area contributed by atoms with Crippen LogP contribution in [0.25, 0.3) is 0 Å². The number of rotatable bonds is 9. The second-order valence-corrected chi connectivity index (χ2v) is 9.58. The van der Waals surface area contributed by atoms with E-state index in [0.29, 0.717) is 19.0 Å². The van der Waals surface area contributed by atoms with Gasteiger partial charge in [-0.2, -0.15) is 13.2 Å². The number of halogens is 3. The van der Waals surface area contributed by atoms with Gasteiger partial charge >= 0.3 is 12.1 Å².